The summed E-state index contributed by atoms with van der Waals surface area (Å²) in [6, 6.07) is 7.18. The van der Waals surface area contributed by atoms with Crippen molar-refractivity contribution < 1.29 is 4.74 Å². The normalized spacial score (nSPS) is 10.7. The Hall–Kier alpha value is -2.21. The van der Waals surface area contributed by atoms with Crippen LogP contribution in [-0.4, -0.2) is 14.3 Å². The number of hydrogen-bond donors (Lipinski definition) is 1. The van der Waals surface area contributed by atoms with Crippen molar-refractivity contribution in [2.24, 2.45) is 0 Å². The van der Waals surface area contributed by atoms with Crippen LogP contribution in [0.15, 0.2) is 30.6 Å². The van der Waals surface area contributed by atoms with Gasteiger partial charge in [0.1, 0.15) is 12.1 Å². The Labute approximate surface area is 107 Å². The highest BCUT2D eigenvalue weighted by Crippen LogP contribution is 2.30. The molecule has 0 unspecified atom stereocenters. The van der Waals surface area contributed by atoms with Gasteiger partial charge in [-0.3, -0.25) is 0 Å². The molecule has 2 heterocycles. The van der Waals surface area contributed by atoms with E-state index in [0.29, 0.717) is 17.3 Å². The molecule has 0 atom stereocenters. The minimum Gasteiger partial charge on any atom is -0.438 e. The van der Waals surface area contributed by atoms with Gasteiger partial charge in [-0.1, -0.05) is 0 Å². The van der Waals surface area contributed by atoms with E-state index in [2.05, 4.69) is 14.3 Å². The van der Waals surface area contributed by atoms with Gasteiger partial charge >= 0.3 is 0 Å². The predicted octanol–water partition coefficient (Wildman–Crippen LogP) is 2.77. The van der Waals surface area contributed by atoms with Gasteiger partial charge in [0.05, 0.1) is 11.1 Å². The maximum Gasteiger partial charge on any atom is 0.232 e. The number of aromatic nitrogens is 3. The molecule has 1 aromatic carbocycles. The summed E-state index contributed by atoms with van der Waals surface area (Å²) < 4.78 is 10.00. The Morgan fingerprint density at radius 3 is 2.72 bits per heavy atom. The molecular weight excluding hydrogens is 248 g/mol. The molecule has 0 bridgehead atoms. The van der Waals surface area contributed by atoms with Crippen molar-refractivity contribution in [3.05, 3.63) is 36.3 Å². The molecule has 0 fully saturated rings. The fraction of sp³-hybridized carbons (Fsp3) is 0.0833. The molecule has 2 aromatic heterocycles. The lowest BCUT2D eigenvalue weighted by Crippen LogP contribution is -1.91. The van der Waals surface area contributed by atoms with Gasteiger partial charge in [0.25, 0.3) is 0 Å². The minimum atomic E-state index is 0.524. The van der Waals surface area contributed by atoms with Gasteiger partial charge in [-0.15, -0.1) is 0 Å². The number of aryl methyl sites for hydroxylation is 1. The monoisotopic (exact) mass is 258 g/mol. The second-order valence-electron chi connectivity index (χ2n) is 3.80. The Kier molecular flexibility index (Phi) is 2.56. The number of nitrogens with two attached hydrogens (primary N) is 1. The highest BCUT2D eigenvalue weighted by molar-refractivity contribution is 7.13. The standard InChI is InChI=1S/C12H10N4OS/c1-7-10-11(14-6-15-12(10)18-16-7)17-9-4-2-8(13)3-5-9/h2-6H,13H2,1H3. The van der Waals surface area contributed by atoms with Crippen LogP contribution in [-0.2, 0) is 0 Å². The van der Waals surface area contributed by atoms with E-state index >= 15 is 0 Å². The molecular formula is C12H10N4OS. The van der Waals surface area contributed by atoms with Gasteiger partial charge < -0.3 is 10.5 Å². The minimum absolute atomic E-state index is 0.524. The first-order valence-corrected chi connectivity index (χ1v) is 6.12. The van der Waals surface area contributed by atoms with Gasteiger partial charge in [-0.25, -0.2) is 9.97 Å². The summed E-state index contributed by atoms with van der Waals surface area (Å²) in [6.07, 6.45) is 1.48. The molecule has 5 nitrogen and oxygen atoms in total. The summed E-state index contributed by atoms with van der Waals surface area (Å²) in [5.41, 5.74) is 7.20. The van der Waals surface area contributed by atoms with Crippen molar-refractivity contribution in [1.82, 2.24) is 14.3 Å². The van der Waals surface area contributed by atoms with Gasteiger partial charge in [0.2, 0.25) is 5.88 Å². The van der Waals surface area contributed by atoms with E-state index in [1.54, 1.807) is 24.3 Å². The number of fused-ring (bicyclic) bond motifs is 1. The van der Waals surface area contributed by atoms with E-state index in [1.165, 1.54) is 17.9 Å². The van der Waals surface area contributed by atoms with Crippen molar-refractivity contribution in [3.8, 4) is 11.6 Å². The van der Waals surface area contributed by atoms with Crippen molar-refractivity contribution in [2.45, 2.75) is 6.92 Å². The highest BCUT2D eigenvalue weighted by Gasteiger charge is 2.11. The van der Waals surface area contributed by atoms with E-state index in [4.69, 9.17) is 10.5 Å². The maximum absolute atomic E-state index is 5.75. The summed E-state index contributed by atoms with van der Waals surface area (Å²) >= 11 is 1.34. The fourth-order valence-corrected chi connectivity index (χ4v) is 2.35. The molecule has 3 aromatic rings. The van der Waals surface area contributed by atoms with E-state index in [-0.39, 0.29) is 0 Å². The first-order valence-electron chi connectivity index (χ1n) is 5.34. The molecule has 3 rings (SSSR count). The third-order valence-electron chi connectivity index (χ3n) is 2.50. The Morgan fingerprint density at radius 2 is 1.94 bits per heavy atom. The molecule has 2 N–H and O–H groups in total. The van der Waals surface area contributed by atoms with E-state index < -0.39 is 0 Å². The summed E-state index contributed by atoms with van der Waals surface area (Å²) in [4.78, 5) is 9.15. The van der Waals surface area contributed by atoms with Crippen molar-refractivity contribution in [2.75, 3.05) is 5.73 Å². The lowest BCUT2D eigenvalue weighted by Gasteiger charge is -2.05. The second kappa shape index (κ2) is 4.23. The summed E-state index contributed by atoms with van der Waals surface area (Å²) in [5.74, 6) is 1.21. The highest BCUT2D eigenvalue weighted by atomic mass is 32.1. The molecule has 0 aliphatic rings. The van der Waals surface area contributed by atoms with Gasteiger partial charge in [0, 0.05) is 5.69 Å². The van der Waals surface area contributed by atoms with Crippen LogP contribution in [0.4, 0.5) is 5.69 Å². The third-order valence-corrected chi connectivity index (χ3v) is 3.35. The number of anilines is 1. The summed E-state index contributed by atoms with van der Waals surface area (Å²) in [7, 11) is 0. The van der Waals surface area contributed by atoms with E-state index in [9.17, 15) is 0 Å². The second-order valence-corrected chi connectivity index (χ2v) is 4.55. The van der Waals surface area contributed by atoms with Crippen LogP contribution in [0.2, 0.25) is 0 Å². The zero-order valence-corrected chi connectivity index (χ0v) is 10.4. The summed E-state index contributed by atoms with van der Waals surface area (Å²) in [6.45, 7) is 1.91. The molecule has 0 aliphatic heterocycles. The molecule has 90 valence electrons. The van der Waals surface area contributed by atoms with Crippen LogP contribution < -0.4 is 10.5 Å². The molecule has 0 saturated heterocycles. The molecule has 0 aliphatic carbocycles. The van der Waals surface area contributed by atoms with Crippen LogP contribution in [0.5, 0.6) is 11.6 Å². The SMILES string of the molecule is Cc1nsc2ncnc(Oc3ccc(N)cc3)c12. The zero-order valence-electron chi connectivity index (χ0n) is 9.62. The van der Waals surface area contributed by atoms with E-state index in [1.807, 2.05) is 6.92 Å². The quantitative estimate of drug-likeness (QED) is 0.715. The lowest BCUT2D eigenvalue weighted by molar-refractivity contribution is 0.468. The number of ether oxygens (including phenoxy) is 1. The van der Waals surface area contributed by atoms with Gasteiger partial charge in [-0.05, 0) is 42.7 Å². The average molecular weight is 258 g/mol. The first kappa shape index (κ1) is 10.9. The van der Waals surface area contributed by atoms with Crippen molar-refractivity contribution in [3.63, 3.8) is 0 Å². The number of nitrogen functional groups attached to an aromatic ring is 1. The van der Waals surface area contributed by atoms with Gasteiger partial charge in [0.15, 0.2) is 4.83 Å². The molecule has 6 heteroatoms. The number of nitrogens with zero attached hydrogens (tertiary/aromatic N) is 3. The topological polar surface area (TPSA) is 73.9 Å². The third kappa shape index (κ3) is 1.86. The molecule has 0 amide bonds. The van der Waals surface area contributed by atoms with Crippen molar-refractivity contribution in [1.29, 1.82) is 0 Å². The van der Waals surface area contributed by atoms with Crippen LogP contribution in [0.25, 0.3) is 10.2 Å². The molecule has 0 saturated carbocycles. The number of benzene rings is 1. The average Bonchev–Trinajstić information content (AvgIpc) is 2.75. The largest absolute Gasteiger partial charge is 0.438 e. The first-order chi connectivity index (χ1) is 8.74. The van der Waals surface area contributed by atoms with Crippen molar-refractivity contribution >= 4 is 27.4 Å². The Morgan fingerprint density at radius 1 is 1.17 bits per heavy atom. The zero-order chi connectivity index (χ0) is 12.5. The van der Waals surface area contributed by atoms with Crippen LogP contribution in [0.1, 0.15) is 5.69 Å². The molecule has 0 radical (unpaired) electrons. The number of rotatable bonds is 2. The smallest absolute Gasteiger partial charge is 0.232 e. The van der Waals surface area contributed by atoms with Crippen LogP contribution in [0.3, 0.4) is 0 Å². The van der Waals surface area contributed by atoms with Crippen LogP contribution in [0, 0.1) is 6.92 Å². The molecule has 18 heavy (non-hydrogen) atoms. The predicted molar refractivity (Wildman–Crippen MR) is 70.9 cm³/mol. The van der Waals surface area contributed by atoms with E-state index in [0.717, 1.165) is 15.9 Å². The lowest BCUT2D eigenvalue weighted by atomic mass is 10.3. The Balaban J connectivity index is 2.04. The van der Waals surface area contributed by atoms with Gasteiger partial charge in [-0.2, -0.15) is 4.37 Å². The Bertz CT molecular complexity index is 693. The number of hydrogen-bond acceptors (Lipinski definition) is 6. The van der Waals surface area contributed by atoms with Crippen LogP contribution >= 0.6 is 11.5 Å². The molecule has 0 spiro atoms. The maximum atomic E-state index is 5.75. The fourth-order valence-electron chi connectivity index (χ4n) is 1.62. The summed E-state index contributed by atoms with van der Waals surface area (Å²) in [5, 5.41) is 0.860.